The number of aryl methyl sites for hydroxylation is 1. The number of rotatable bonds is 3. The van der Waals surface area contributed by atoms with Gasteiger partial charge in [-0.1, -0.05) is 24.3 Å². The highest BCUT2D eigenvalue weighted by Gasteiger charge is 2.23. The molecule has 3 aromatic carbocycles. The maximum Gasteiger partial charge on any atom is 0.243 e. The summed E-state index contributed by atoms with van der Waals surface area (Å²) in [5.41, 5.74) is 2.76. The molecular formula is C24H17FN4O2. The third-order valence-electron chi connectivity index (χ3n) is 5.51. The van der Waals surface area contributed by atoms with Crippen molar-refractivity contribution in [1.82, 2.24) is 4.98 Å². The van der Waals surface area contributed by atoms with Gasteiger partial charge < -0.3 is 15.7 Å². The Bertz CT molecular complexity index is 1430. The summed E-state index contributed by atoms with van der Waals surface area (Å²) >= 11 is 0. The zero-order valence-electron chi connectivity index (χ0n) is 16.4. The van der Waals surface area contributed by atoms with Crippen LogP contribution in [0.15, 0.2) is 48.7 Å². The molecule has 2 heterocycles. The first-order valence-electron chi connectivity index (χ1n) is 9.83. The van der Waals surface area contributed by atoms with Gasteiger partial charge in [0.2, 0.25) is 5.91 Å². The lowest BCUT2D eigenvalue weighted by molar-refractivity contribution is -0.114. The first kappa shape index (κ1) is 18.8. The van der Waals surface area contributed by atoms with Crippen molar-refractivity contribution in [3.05, 3.63) is 60.0 Å². The SMILES string of the molecule is N#CCCc1cc2c3c(cnc2c(F)c1-c1cc(O)cc2ccccc12)NC(=O)CN3. The highest BCUT2D eigenvalue weighted by Crippen LogP contribution is 2.41. The Morgan fingerprint density at radius 2 is 2.03 bits per heavy atom. The van der Waals surface area contributed by atoms with Gasteiger partial charge in [-0.2, -0.15) is 5.26 Å². The third-order valence-corrected chi connectivity index (χ3v) is 5.51. The van der Waals surface area contributed by atoms with Gasteiger partial charge in [0.25, 0.3) is 0 Å². The number of halogens is 1. The lowest BCUT2D eigenvalue weighted by Crippen LogP contribution is -2.27. The van der Waals surface area contributed by atoms with Crippen molar-refractivity contribution in [2.24, 2.45) is 0 Å². The third kappa shape index (κ3) is 3.09. The van der Waals surface area contributed by atoms with E-state index in [1.165, 1.54) is 6.20 Å². The zero-order chi connectivity index (χ0) is 21.5. The van der Waals surface area contributed by atoms with Gasteiger partial charge in [-0.25, -0.2) is 4.39 Å². The van der Waals surface area contributed by atoms with Gasteiger partial charge in [0.05, 0.1) is 30.2 Å². The Morgan fingerprint density at radius 1 is 1.19 bits per heavy atom. The van der Waals surface area contributed by atoms with Crippen molar-refractivity contribution >= 4 is 39.0 Å². The smallest absolute Gasteiger partial charge is 0.243 e. The first-order chi connectivity index (χ1) is 15.1. The molecule has 5 rings (SSSR count). The number of fused-ring (bicyclic) bond motifs is 4. The standard InChI is InChI=1S/C24H17FN4O2/c25-22-21(17-10-15(30)8-13-4-1-2-6-16(13)17)14(5-3-7-26)9-18-23-19(11-27-24(18)22)29-20(31)12-28-23/h1-2,4,6,8-11,28,30H,3,5,12H2,(H,29,31). The van der Waals surface area contributed by atoms with Crippen LogP contribution in [0, 0.1) is 17.1 Å². The van der Waals surface area contributed by atoms with Crippen molar-refractivity contribution in [3.8, 4) is 22.9 Å². The summed E-state index contributed by atoms with van der Waals surface area (Å²) in [6.07, 6.45) is 1.98. The number of phenolic OH excluding ortho intramolecular Hbond substituents is 1. The molecule has 0 atom stereocenters. The molecule has 7 heteroatoms. The molecule has 0 unspecified atom stereocenters. The molecule has 6 nitrogen and oxygen atoms in total. The molecule has 0 radical (unpaired) electrons. The van der Waals surface area contributed by atoms with Gasteiger partial charge in [-0.15, -0.1) is 0 Å². The fraction of sp³-hybridized carbons (Fsp3) is 0.125. The molecule has 0 spiro atoms. The molecule has 3 N–H and O–H groups in total. The van der Waals surface area contributed by atoms with Crippen molar-refractivity contribution in [2.75, 3.05) is 17.2 Å². The number of aromatic nitrogens is 1. The predicted molar refractivity (Wildman–Crippen MR) is 117 cm³/mol. The van der Waals surface area contributed by atoms with Gasteiger partial charge in [-0.05, 0) is 46.5 Å². The summed E-state index contributed by atoms with van der Waals surface area (Å²) in [5, 5.41) is 27.3. The fourth-order valence-electron chi connectivity index (χ4n) is 4.18. The molecule has 0 aliphatic carbocycles. The summed E-state index contributed by atoms with van der Waals surface area (Å²) in [6.45, 7) is 0.0835. The molecule has 1 amide bonds. The monoisotopic (exact) mass is 412 g/mol. The molecule has 1 aliphatic heterocycles. The molecule has 1 aromatic heterocycles. The average Bonchev–Trinajstić information content (AvgIpc) is 2.76. The molecule has 0 bridgehead atoms. The fourth-order valence-corrected chi connectivity index (χ4v) is 4.18. The summed E-state index contributed by atoms with van der Waals surface area (Å²) in [5.74, 6) is -0.688. The van der Waals surface area contributed by atoms with E-state index < -0.39 is 5.82 Å². The minimum atomic E-state index is -0.525. The van der Waals surface area contributed by atoms with Crippen LogP contribution >= 0.6 is 0 Å². The summed E-state index contributed by atoms with van der Waals surface area (Å²) in [4.78, 5) is 16.0. The molecule has 0 saturated heterocycles. The molecule has 1 aliphatic rings. The van der Waals surface area contributed by atoms with Crippen LogP contribution in [0.3, 0.4) is 0 Å². The largest absolute Gasteiger partial charge is 0.508 e. The Labute approximate surface area is 177 Å². The van der Waals surface area contributed by atoms with E-state index in [9.17, 15) is 9.90 Å². The van der Waals surface area contributed by atoms with Gasteiger partial charge in [0.1, 0.15) is 11.3 Å². The normalized spacial score (nSPS) is 12.8. The number of anilines is 2. The van der Waals surface area contributed by atoms with Crippen molar-refractivity contribution in [3.63, 3.8) is 0 Å². The molecular weight excluding hydrogens is 395 g/mol. The van der Waals surface area contributed by atoms with E-state index in [4.69, 9.17) is 5.26 Å². The molecule has 0 saturated carbocycles. The maximum absolute atomic E-state index is 16.0. The number of nitrogens with zero attached hydrogens (tertiary/aromatic N) is 2. The van der Waals surface area contributed by atoms with Crippen LogP contribution in [-0.4, -0.2) is 22.5 Å². The number of benzene rings is 3. The van der Waals surface area contributed by atoms with Crippen LogP contribution in [0.2, 0.25) is 0 Å². The van der Waals surface area contributed by atoms with E-state index in [0.29, 0.717) is 39.9 Å². The Balaban J connectivity index is 1.85. The lowest BCUT2D eigenvalue weighted by Gasteiger charge is -2.22. The number of hydrogen-bond acceptors (Lipinski definition) is 5. The van der Waals surface area contributed by atoms with Crippen molar-refractivity contribution < 1.29 is 14.3 Å². The van der Waals surface area contributed by atoms with Crippen LogP contribution in [-0.2, 0) is 11.2 Å². The Hall–Kier alpha value is -4.18. The van der Waals surface area contributed by atoms with Crippen LogP contribution in [0.4, 0.5) is 15.8 Å². The number of carbonyl (C=O) groups is 1. The topological polar surface area (TPSA) is 98.0 Å². The number of aromatic hydroxyl groups is 1. The second-order valence-corrected chi connectivity index (χ2v) is 7.44. The summed E-state index contributed by atoms with van der Waals surface area (Å²) in [7, 11) is 0. The van der Waals surface area contributed by atoms with E-state index in [2.05, 4.69) is 21.7 Å². The first-order valence-corrected chi connectivity index (χ1v) is 9.83. The van der Waals surface area contributed by atoms with Gasteiger partial charge in [0, 0.05) is 17.4 Å². The second-order valence-electron chi connectivity index (χ2n) is 7.44. The van der Waals surface area contributed by atoms with Gasteiger partial charge in [-0.3, -0.25) is 9.78 Å². The van der Waals surface area contributed by atoms with Crippen LogP contribution in [0.5, 0.6) is 5.75 Å². The highest BCUT2D eigenvalue weighted by atomic mass is 19.1. The highest BCUT2D eigenvalue weighted by molar-refractivity contribution is 6.10. The zero-order valence-corrected chi connectivity index (χ0v) is 16.4. The predicted octanol–water partition coefficient (Wildman–Crippen LogP) is 4.72. The van der Waals surface area contributed by atoms with Crippen molar-refractivity contribution in [2.45, 2.75) is 12.8 Å². The van der Waals surface area contributed by atoms with E-state index in [1.807, 2.05) is 30.3 Å². The van der Waals surface area contributed by atoms with Crippen LogP contribution in [0.1, 0.15) is 12.0 Å². The number of phenols is 1. The Kier molecular flexibility index (Phi) is 4.41. The van der Waals surface area contributed by atoms with Crippen LogP contribution < -0.4 is 10.6 Å². The quantitative estimate of drug-likeness (QED) is 0.452. The number of hydrogen-bond donors (Lipinski definition) is 3. The van der Waals surface area contributed by atoms with E-state index in [-0.39, 0.29) is 30.1 Å². The Morgan fingerprint density at radius 3 is 2.87 bits per heavy atom. The number of nitrogens with one attached hydrogen (secondary N) is 2. The number of pyridine rings is 1. The van der Waals surface area contributed by atoms with E-state index in [1.54, 1.807) is 12.1 Å². The van der Waals surface area contributed by atoms with Gasteiger partial charge in [0.15, 0.2) is 5.82 Å². The van der Waals surface area contributed by atoms with Crippen LogP contribution in [0.25, 0.3) is 32.8 Å². The van der Waals surface area contributed by atoms with Crippen molar-refractivity contribution in [1.29, 1.82) is 5.26 Å². The van der Waals surface area contributed by atoms with Gasteiger partial charge >= 0.3 is 0 Å². The van der Waals surface area contributed by atoms with E-state index >= 15 is 4.39 Å². The number of nitriles is 1. The molecule has 152 valence electrons. The minimum absolute atomic E-state index is 0.0298. The average molecular weight is 412 g/mol. The molecule has 4 aromatic rings. The lowest BCUT2D eigenvalue weighted by atomic mass is 9.90. The molecule has 0 fully saturated rings. The number of carbonyl (C=O) groups excluding carboxylic acids is 1. The summed E-state index contributed by atoms with van der Waals surface area (Å²) in [6, 6.07) is 14.6. The summed E-state index contributed by atoms with van der Waals surface area (Å²) < 4.78 is 16.0. The second kappa shape index (κ2) is 7.26. The maximum atomic E-state index is 16.0. The number of amides is 1. The minimum Gasteiger partial charge on any atom is -0.508 e. The van der Waals surface area contributed by atoms with E-state index in [0.717, 1.165) is 10.8 Å². The molecule has 31 heavy (non-hydrogen) atoms.